The standard InChI is InChI=1S/C18H14N4O3S/c19-12-8-6-11(7-9-12)16-20-21-18(25-16)26-14-10-15(23)22(17(14)24)13-4-2-1-3-5-13/h1-9,14H,10,19H2. The van der Waals surface area contributed by atoms with Crippen molar-refractivity contribution in [2.75, 3.05) is 10.6 Å². The zero-order valence-corrected chi connectivity index (χ0v) is 14.3. The third-order valence-corrected chi connectivity index (χ3v) is 4.95. The molecule has 0 radical (unpaired) electrons. The van der Waals surface area contributed by atoms with Gasteiger partial charge >= 0.3 is 0 Å². The van der Waals surface area contributed by atoms with E-state index in [4.69, 9.17) is 10.2 Å². The number of nitrogens with zero attached hydrogens (tertiary/aromatic N) is 3. The van der Waals surface area contributed by atoms with Crippen LogP contribution in [-0.2, 0) is 9.59 Å². The number of anilines is 2. The van der Waals surface area contributed by atoms with Crippen molar-refractivity contribution in [2.24, 2.45) is 0 Å². The highest BCUT2D eigenvalue weighted by Crippen LogP contribution is 2.34. The van der Waals surface area contributed by atoms with Gasteiger partial charge in [0.1, 0.15) is 5.25 Å². The summed E-state index contributed by atoms with van der Waals surface area (Å²) in [5, 5.41) is 7.63. The summed E-state index contributed by atoms with van der Waals surface area (Å²) in [6.07, 6.45) is 0.0952. The summed E-state index contributed by atoms with van der Waals surface area (Å²) in [5.74, 6) is -0.181. The lowest BCUT2D eigenvalue weighted by atomic mass is 10.2. The molecule has 1 aromatic heterocycles. The Labute approximate surface area is 153 Å². The first-order valence-corrected chi connectivity index (χ1v) is 8.78. The van der Waals surface area contributed by atoms with E-state index in [1.165, 1.54) is 4.90 Å². The molecule has 1 saturated heterocycles. The molecule has 2 N–H and O–H groups in total. The van der Waals surface area contributed by atoms with Gasteiger partial charge < -0.3 is 10.2 Å². The van der Waals surface area contributed by atoms with Gasteiger partial charge in [-0.3, -0.25) is 9.59 Å². The van der Waals surface area contributed by atoms with Gasteiger partial charge in [-0.05, 0) is 36.4 Å². The first-order chi connectivity index (χ1) is 12.6. The lowest BCUT2D eigenvalue weighted by Gasteiger charge is -2.13. The Morgan fingerprint density at radius 3 is 2.50 bits per heavy atom. The molecule has 7 nitrogen and oxygen atoms in total. The first-order valence-electron chi connectivity index (χ1n) is 7.90. The number of amides is 2. The van der Waals surface area contributed by atoms with Gasteiger partial charge in [0.15, 0.2) is 0 Å². The molecule has 0 bridgehead atoms. The second-order valence-electron chi connectivity index (χ2n) is 5.71. The highest BCUT2D eigenvalue weighted by atomic mass is 32.2. The molecule has 0 saturated carbocycles. The molecular formula is C18H14N4O3S. The highest BCUT2D eigenvalue weighted by Gasteiger charge is 2.41. The van der Waals surface area contributed by atoms with E-state index < -0.39 is 5.25 Å². The minimum atomic E-state index is -0.581. The number of para-hydroxylation sites is 1. The fraction of sp³-hybridized carbons (Fsp3) is 0.111. The molecule has 2 amide bonds. The van der Waals surface area contributed by atoms with Gasteiger partial charge in [0.25, 0.3) is 5.22 Å². The molecule has 2 aromatic carbocycles. The second-order valence-corrected chi connectivity index (χ2v) is 6.86. The number of rotatable bonds is 4. The van der Waals surface area contributed by atoms with Crippen molar-refractivity contribution in [3.8, 4) is 11.5 Å². The maximum absolute atomic E-state index is 12.6. The third kappa shape index (κ3) is 3.06. The SMILES string of the molecule is Nc1ccc(-c2nnc(SC3CC(=O)N(c4ccccc4)C3=O)o2)cc1. The van der Waals surface area contributed by atoms with Crippen LogP contribution in [0.3, 0.4) is 0 Å². The highest BCUT2D eigenvalue weighted by molar-refractivity contribution is 8.00. The van der Waals surface area contributed by atoms with Gasteiger partial charge in [-0.2, -0.15) is 0 Å². The van der Waals surface area contributed by atoms with E-state index in [2.05, 4.69) is 10.2 Å². The number of carbonyl (C=O) groups excluding carboxylic acids is 2. The molecule has 2 heterocycles. The van der Waals surface area contributed by atoms with Crippen LogP contribution in [0, 0.1) is 0 Å². The number of nitrogen functional groups attached to an aromatic ring is 1. The minimum Gasteiger partial charge on any atom is -0.411 e. The number of hydrogen-bond donors (Lipinski definition) is 1. The summed E-state index contributed by atoms with van der Waals surface area (Å²) in [6, 6.07) is 15.9. The number of aromatic nitrogens is 2. The van der Waals surface area contributed by atoms with E-state index >= 15 is 0 Å². The maximum atomic E-state index is 12.6. The number of hydrogen-bond acceptors (Lipinski definition) is 7. The van der Waals surface area contributed by atoms with Crippen LogP contribution in [0.4, 0.5) is 11.4 Å². The molecule has 1 atom stereocenters. The largest absolute Gasteiger partial charge is 0.411 e. The summed E-state index contributed by atoms with van der Waals surface area (Å²) in [5.41, 5.74) is 7.60. The molecule has 3 aromatic rings. The molecule has 130 valence electrons. The number of imide groups is 1. The molecule has 26 heavy (non-hydrogen) atoms. The Hall–Kier alpha value is -3.13. The van der Waals surface area contributed by atoms with E-state index in [0.717, 1.165) is 17.3 Å². The lowest BCUT2D eigenvalue weighted by molar-refractivity contribution is -0.121. The fourth-order valence-electron chi connectivity index (χ4n) is 2.67. The van der Waals surface area contributed by atoms with E-state index in [9.17, 15) is 9.59 Å². The zero-order chi connectivity index (χ0) is 18.1. The van der Waals surface area contributed by atoms with Gasteiger partial charge in [0, 0.05) is 17.7 Å². The van der Waals surface area contributed by atoms with Crippen molar-refractivity contribution >= 4 is 35.0 Å². The van der Waals surface area contributed by atoms with Gasteiger partial charge in [-0.25, -0.2) is 4.90 Å². The van der Waals surface area contributed by atoms with Crippen LogP contribution >= 0.6 is 11.8 Å². The number of carbonyl (C=O) groups is 2. The van der Waals surface area contributed by atoms with Crippen LogP contribution < -0.4 is 10.6 Å². The Balaban J connectivity index is 1.51. The maximum Gasteiger partial charge on any atom is 0.277 e. The van der Waals surface area contributed by atoms with Crippen LogP contribution in [0.2, 0.25) is 0 Å². The minimum absolute atomic E-state index is 0.0952. The van der Waals surface area contributed by atoms with Crippen molar-refractivity contribution in [1.29, 1.82) is 0 Å². The Bertz CT molecular complexity index is 956. The summed E-state index contributed by atoms with van der Waals surface area (Å²) in [4.78, 5) is 26.1. The van der Waals surface area contributed by atoms with Gasteiger partial charge in [-0.15, -0.1) is 10.2 Å². The Kier molecular flexibility index (Phi) is 4.18. The topological polar surface area (TPSA) is 102 Å². The molecule has 1 aliphatic rings. The van der Waals surface area contributed by atoms with Crippen molar-refractivity contribution in [2.45, 2.75) is 16.9 Å². The Morgan fingerprint density at radius 2 is 1.77 bits per heavy atom. The zero-order valence-electron chi connectivity index (χ0n) is 13.5. The summed E-state index contributed by atoms with van der Waals surface area (Å²) in [7, 11) is 0. The summed E-state index contributed by atoms with van der Waals surface area (Å²) < 4.78 is 5.61. The van der Waals surface area contributed by atoms with Crippen LogP contribution in [0.5, 0.6) is 0 Å². The molecular weight excluding hydrogens is 352 g/mol. The van der Waals surface area contributed by atoms with E-state index in [1.807, 2.05) is 6.07 Å². The quantitative estimate of drug-likeness (QED) is 0.559. The van der Waals surface area contributed by atoms with Crippen molar-refractivity contribution in [3.63, 3.8) is 0 Å². The molecule has 0 aliphatic carbocycles. The molecule has 1 fully saturated rings. The van der Waals surface area contributed by atoms with Crippen molar-refractivity contribution < 1.29 is 14.0 Å². The first kappa shape index (κ1) is 16.3. The van der Waals surface area contributed by atoms with Crippen molar-refractivity contribution in [3.05, 3.63) is 54.6 Å². The average Bonchev–Trinajstić information content (AvgIpc) is 3.21. The van der Waals surface area contributed by atoms with Gasteiger partial charge in [0.05, 0.1) is 5.69 Å². The number of thioether (sulfide) groups is 1. The smallest absolute Gasteiger partial charge is 0.277 e. The van der Waals surface area contributed by atoms with Crippen LogP contribution in [-0.4, -0.2) is 27.3 Å². The van der Waals surface area contributed by atoms with Crippen LogP contribution in [0.25, 0.3) is 11.5 Å². The van der Waals surface area contributed by atoms with E-state index in [-0.39, 0.29) is 23.5 Å². The molecule has 1 aliphatic heterocycles. The number of benzene rings is 2. The number of nitrogens with two attached hydrogens (primary N) is 1. The van der Waals surface area contributed by atoms with E-state index in [1.54, 1.807) is 48.5 Å². The predicted octanol–water partition coefficient (Wildman–Crippen LogP) is 2.74. The molecule has 0 spiro atoms. The third-order valence-electron chi connectivity index (χ3n) is 3.93. The van der Waals surface area contributed by atoms with Crippen LogP contribution in [0.15, 0.2) is 64.2 Å². The average molecular weight is 366 g/mol. The predicted molar refractivity (Wildman–Crippen MR) is 97.3 cm³/mol. The van der Waals surface area contributed by atoms with Crippen molar-refractivity contribution in [1.82, 2.24) is 10.2 Å². The normalized spacial score (nSPS) is 17.1. The summed E-state index contributed by atoms with van der Waals surface area (Å²) in [6.45, 7) is 0. The second kappa shape index (κ2) is 6.64. The molecule has 8 heteroatoms. The van der Waals surface area contributed by atoms with Gasteiger partial charge in [-0.1, -0.05) is 30.0 Å². The summed E-state index contributed by atoms with van der Waals surface area (Å²) >= 11 is 1.10. The van der Waals surface area contributed by atoms with Gasteiger partial charge in [0.2, 0.25) is 17.7 Å². The molecule has 4 rings (SSSR count). The molecule has 1 unspecified atom stereocenters. The monoisotopic (exact) mass is 366 g/mol. The van der Waals surface area contributed by atoms with Crippen LogP contribution in [0.1, 0.15) is 6.42 Å². The Morgan fingerprint density at radius 1 is 1.04 bits per heavy atom. The lowest BCUT2D eigenvalue weighted by Crippen LogP contribution is -2.30. The van der Waals surface area contributed by atoms with E-state index in [0.29, 0.717) is 17.3 Å². The fourth-order valence-corrected chi connectivity index (χ4v) is 3.56.